The third kappa shape index (κ3) is 1.23. The Morgan fingerprint density at radius 3 is 2.93 bits per heavy atom. The van der Waals surface area contributed by atoms with Gasteiger partial charge in [0, 0.05) is 24.7 Å². The van der Waals surface area contributed by atoms with Crippen LogP contribution in [0.25, 0.3) is 11.3 Å². The standard InChI is InChI=1S/C10H12N4/c1-14-6-8(4-12-14)9-5-11-10(13-9)7-2-3-7/h4-7H,2-3H2,1H3,(H,11,13). The van der Waals surface area contributed by atoms with E-state index in [0.29, 0.717) is 5.92 Å². The molecular formula is C10H12N4. The minimum Gasteiger partial charge on any atom is -0.342 e. The molecule has 1 aliphatic rings. The molecule has 4 heteroatoms. The summed E-state index contributed by atoms with van der Waals surface area (Å²) in [6.07, 6.45) is 8.29. The molecule has 0 amide bonds. The summed E-state index contributed by atoms with van der Waals surface area (Å²) in [5.74, 6) is 1.81. The number of hydrogen-bond donors (Lipinski definition) is 1. The number of aromatic amines is 1. The van der Waals surface area contributed by atoms with Crippen molar-refractivity contribution < 1.29 is 0 Å². The lowest BCUT2D eigenvalue weighted by Gasteiger charge is -1.90. The monoisotopic (exact) mass is 188 g/mol. The fourth-order valence-electron chi connectivity index (χ4n) is 1.61. The van der Waals surface area contributed by atoms with E-state index in [-0.39, 0.29) is 0 Å². The maximum atomic E-state index is 4.37. The summed E-state index contributed by atoms with van der Waals surface area (Å²) in [4.78, 5) is 7.71. The number of hydrogen-bond acceptors (Lipinski definition) is 2. The summed E-state index contributed by atoms with van der Waals surface area (Å²) in [5.41, 5.74) is 2.17. The first-order chi connectivity index (χ1) is 6.83. The molecule has 14 heavy (non-hydrogen) atoms. The number of nitrogens with one attached hydrogen (secondary N) is 1. The van der Waals surface area contributed by atoms with Gasteiger partial charge in [0.2, 0.25) is 0 Å². The number of imidazole rings is 1. The Labute approximate surface area is 82.0 Å². The van der Waals surface area contributed by atoms with Crippen molar-refractivity contribution in [3.8, 4) is 11.3 Å². The zero-order chi connectivity index (χ0) is 9.54. The van der Waals surface area contributed by atoms with E-state index < -0.39 is 0 Å². The van der Waals surface area contributed by atoms with Crippen molar-refractivity contribution in [2.75, 3.05) is 0 Å². The molecule has 1 aliphatic carbocycles. The number of aromatic nitrogens is 4. The second-order valence-electron chi connectivity index (χ2n) is 3.86. The Morgan fingerprint density at radius 1 is 1.43 bits per heavy atom. The maximum Gasteiger partial charge on any atom is 0.109 e. The van der Waals surface area contributed by atoms with Crippen LogP contribution < -0.4 is 0 Å². The first-order valence-corrected chi connectivity index (χ1v) is 4.87. The average molecular weight is 188 g/mol. The SMILES string of the molecule is Cn1cc(-c2cnc(C3CC3)[nH]2)cn1. The highest BCUT2D eigenvalue weighted by Crippen LogP contribution is 2.38. The van der Waals surface area contributed by atoms with E-state index in [2.05, 4.69) is 15.1 Å². The van der Waals surface area contributed by atoms with Gasteiger partial charge in [-0.05, 0) is 12.8 Å². The van der Waals surface area contributed by atoms with E-state index in [0.717, 1.165) is 17.1 Å². The summed E-state index contributed by atoms with van der Waals surface area (Å²) in [5, 5.41) is 4.13. The smallest absolute Gasteiger partial charge is 0.109 e. The van der Waals surface area contributed by atoms with Crippen LogP contribution in [0.1, 0.15) is 24.6 Å². The minimum absolute atomic E-state index is 0.681. The van der Waals surface area contributed by atoms with Crippen LogP contribution in [0.4, 0.5) is 0 Å². The van der Waals surface area contributed by atoms with Gasteiger partial charge in [0.1, 0.15) is 5.82 Å². The van der Waals surface area contributed by atoms with E-state index in [1.54, 1.807) is 4.68 Å². The second kappa shape index (κ2) is 2.70. The predicted octanol–water partition coefficient (Wildman–Crippen LogP) is 1.69. The first kappa shape index (κ1) is 7.79. The van der Waals surface area contributed by atoms with Gasteiger partial charge in [-0.2, -0.15) is 5.10 Å². The lowest BCUT2D eigenvalue weighted by atomic mass is 10.3. The summed E-state index contributed by atoms with van der Waals surface area (Å²) in [7, 11) is 1.92. The van der Waals surface area contributed by atoms with Gasteiger partial charge in [0.15, 0.2) is 0 Å². The number of rotatable bonds is 2. The quantitative estimate of drug-likeness (QED) is 0.779. The molecule has 0 aliphatic heterocycles. The Balaban J connectivity index is 1.95. The van der Waals surface area contributed by atoms with Gasteiger partial charge >= 0.3 is 0 Å². The van der Waals surface area contributed by atoms with Gasteiger partial charge in [-0.1, -0.05) is 0 Å². The molecule has 1 fully saturated rings. The number of nitrogens with zero attached hydrogens (tertiary/aromatic N) is 3. The Kier molecular flexibility index (Phi) is 1.50. The van der Waals surface area contributed by atoms with Crippen molar-refractivity contribution in [1.82, 2.24) is 19.7 Å². The maximum absolute atomic E-state index is 4.37. The van der Waals surface area contributed by atoms with E-state index in [1.165, 1.54) is 12.8 Å². The summed E-state index contributed by atoms with van der Waals surface area (Å²) in [6.45, 7) is 0. The predicted molar refractivity (Wildman–Crippen MR) is 52.8 cm³/mol. The second-order valence-corrected chi connectivity index (χ2v) is 3.86. The molecule has 0 bridgehead atoms. The minimum atomic E-state index is 0.681. The molecule has 1 N–H and O–H groups in total. The molecule has 0 saturated heterocycles. The highest BCUT2D eigenvalue weighted by Gasteiger charge is 2.26. The van der Waals surface area contributed by atoms with Gasteiger partial charge in [0.25, 0.3) is 0 Å². The molecule has 2 aromatic heterocycles. The van der Waals surface area contributed by atoms with Crippen LogP contribution >= 0.6 is 0 Å². The Bertz CT molecular complexity index is 450. The number of H-pyrrole nitrogens is 1. The molecule has 4 nitrogen and oxygen atoms in total. The highest BCUT2D eigenvalue weighted by molar-refractivity contribution is 5.56. The normalized spacial score (nSPS) is 16.1. The Morgan fingerprint density at radius 2 is 2.29 bits per heavy atom. The average Bonchev–Trinajstić information content (AvgIpc) is 2.76. The van der Waals surface area contributed by atoms with Crippen LogP contribution in [0.3, 0.4) is 0 Å². The summed E-state index contributed by atoms with van der Waals surface area (Å²) >= 11 is 0. The van der Waals surface area contributed by atoms with Gasteiger partial charge in [0.05, 0.1) is 18.1 Å². The van der Waals surface area contributed by atoms with Crippen LogP contribution in [0.2, 0.25) is 0 Å². The van der Waals surface area contributed by atoms with Crippen molar-refractivity contribution in [1.29, 1.82) is 0 Å². The molecule has 0 spiro atoms. The molecule has 0 aromatic carbocycles. The highest BCUT2D eigenvalue weighted by atomic mass is 15.2. The summed E-state index contributed by atoms with van der Waals surface area (Å²) < 4.78 is 1.80. The van der Waals surface area contributed by atoms with Crippen LogP contribution in [0, 0.1) is 0 Å². The first-order valence-electron chi connectivity index (χ1n) is 4.87. The lowest BCUT2D eigenvalue weighted by Crippen LogP contribution is -1.84. The van der Waals surface area contributed by atoms with Crippen LogP contribution in [0.5, 0.6) is 0 Å². The molecule has 0 unspecified atom stereocenters. The van der Waals surface area contributed by atoms with Crippen molar-refractivity contribution in [3.63, 3.8) is 0 Å². The van der Waals surface area contributed by atoms with Crippen LogP contribution in [-0.4, -0.2) is 19.7 Å². The molecule has 1 saturated carbocycles. The molecule has 0 atom stereocenters. The van der Waals surface area contributed by atoms with Gasteiger partial charge in [-0.25, -0.2) is 4.98 Å². The topological polar surface area (TPSA) is 46.5 Å². The molecule has 0 radical (unpaired) electrons. The largest absolute Gasteiger partial charge is 0.342 e. The zero-order valence-electron chi connectivity index (χ0n) is 8.07. The van der Waals surface area contributed by atoms with Crippen LogP contribution in [0.15, 0.2) is 18.6 Å². The van der Waals surface area contributed by atoms with Gasteiger partial charge in [-0.3, -0.25) is 4.68 Å². The molecule has 2 heterocycles. The van der Waals surface area contributed by atoms with Crippen molar-refractivity contribution in [2.24, 2.45) is 7.05 Å². The third-order valence-corrected chi connectivity index (χ3v) is 2.58. The zero-order valence-corrected chi connectivity index (χ0v) is 8.07. The molecule has 72 valence electrons. The molecule has 3 rings (SSSR count). The van der Waals surface area contributed by atoms with Crippen LogP contribution in [-0.2, 0) is 7.05 Å². The third-order valence-electron chi connectivity index (χ3n) is 2.58. The fraction of sp³-hybridized carbons (Fsp3) is 0.400. The van der Waals surface area contributed by atoms with E-state index in [9.17, 15) is 0 Å². The van der Waals surface area contributed by atoms with E-state index >= 15 is 0 Å². The summed E-state index contributed by atoms with van der Waals surface area (Å²) in [6, 6.07) is 0. The number of aryl methyl sites for hydroxylation is 1. The van der Waals surface area contributed by atoms with Gasteiger partial charge in [-0.15, -0.1) is 0 Å². The molecular weight excluding hydrogens is 176 g/mol. The fourth-order valence-corrected chi connectivity index (χ4v) is 1.61. The molecule has 2 aromatic rings. The van der Waals surface area contributed by atoms with Crippen molar-refractivity contribution in [2.45, 2.75) is 18.8 Å². The lowest BCUT2D eigenvalue weighted by molar-refractivity contribution is 0.768. The van der Waals surface area contributed by atoms with Crippen molar-refractivity contribution >= 4 is 0 Å². The van der Waals surface area contributed by atoms with Gasteiger partial charge < -0.3 is 4.98 Å². The van der Waals surface area contributed by atoms with E-state index in [1.807, 2.05) is 25.6 Å². The van der Waals surface area contributed by atoms with E-state index in [4.69, 9.17) is 0 Å². The van der Waals surface area contributed by atoms with Crippen molar-refractivity contribution in [3.05, 3.63) is 24.4 Å². The Hall–Kier alpha value is -1.58.